The van der Waals surface area contributed by atoms with Crippen LogP contribution in [-0.4, -0.2) is 16.0 Å². The number of hydrogen-bond donors (Lipinski definition) is 3. The molecule has 1 aliphatic rings. The van der Waals surface area contributed by atoms with E-state index >= 15 is 0 Å². The van der Waals surface area contributed by atoms with Crippen LogP contribution in [-0.2, 0) is 0 Å². The molecule has 160 valence electrons. The molecule has 0 amide bonds. The van der Waals surface area contributed by atoms with E-state index in [2.05, 4.69) is 95.2 Å². The van der Waals surface area contributed by atoms with Gasteiger partial charge in [0, 0.05) is 29.3 Å². The number of nitrogens with one attached hydrogen (secondary N) is 3. The summed E-state index contributed by atoms with van der Waals surface area (Å²) in [6, 6.07) is 21.1. The summed E-state index contributed by atoms with van der Waals surface area (Å²) in [6.07, 6.45) is 5.09. The zero-order valence-electron chi connectivity index (χ0n) is 18.5. The van der Waals surface area contributed by atoms with Crippen LogP contribution >= 0.6 is 0 Å². The highest BCUT2D eigenvalue weighted by atomic mass is 15.1. The van der Waals surface area contributed by atoms with E-state index in [0.29, 0.717) is 17.9 Å². The molecule has 31 heavy (non-hydrogen) atoms. The summed E-state index contributed by atoms with van der Waals surface area (Å²) in [5.41, 5.74) is 5.89. The SMILES string of the molecule is CC(C)CC(C)NC1=C(Nc2ccnc(Nc3ccc(-c4ccccc4)cc3)n2)CC1. The Morgan fingerprint density at radius 2 is 1.52 bits per heavy atom. The highest BCUT2D eigenvalue weighted by Crippen LogP contribution is 2.28. The third kappa shape index (κ3) is 5.63. The molecule has 3 N–H and O–H groups in total. The lowest BCUT2D eigenvalue weighted by Crippen LogP contribution is -2.32. The normalized spacial score (nSPS) is 14.2. The predicted molar refractivity (Wildman–Crippen MR) is 129 cm³/mol. The van der Waals surface area contributed by atoms with Gasteiger partial charge in [0.2, 0.25) is 5.95 Å². The summed E-state index contributed by atoms with van der Waals surface area (Å²) >= 11 is 0. The molecule has 0 bridgehead atoms. The van der Waals surface area contributed by atoms with Gasteiger partial charge < -0.3 is 16.0 Å². The Bertz CT molecular complexity index is 1030. The summed E-state index contributed by atoms with van der Waals surface area (Å²) in [4.78, 5) is 9.01. The summed E-state index contributed by atoms with van der Waals surface area (Å²) < 4.78 is 0. The minimum Gasteiger partial charge on any atom is -0.384 e. The van der Waals surface area contributed by atoms with E-state index in [9.17, 15) is 0 Å². The van der Waals surface area contributed by atoms with Gasteiger partial charge in [0.25, 0.3) is 0 Å². The second-order valence-electron chi connectivity index (χ2n) is 8.59. The minimum atomic E-state index is 0.480. The molecule has 0 saturated heterocycles. The third-order valence-corrected chi connectivity index (χ3v) is 5.42. The summed E-state index contributed by atoms with van der Waals surface area (Å²) in [6.45, 7) is 6.77. The maximum Gasteiger partial charge on any atom is 0.229 e. The molecule has 0 fully saturated rings. The molecule has 1 heterocycles. The molecule has 1 aliphatic carbocycles. The molecule has 3 aromatic rings. The van der Waals surface area contributed by atoms with Crippen molar-refractivity contribution in [3.8, 4) is 11.1 Å². The van der Waals surface area contributed by atoms with Crippen LogP contribution in [0.2, 0.25) is 0 Å². The third-order valence-electron chi connectivity index (χ3n) is 5.42. The monoisotopic (exact) mass is 413 g/mol. The van der Waals surface area contributed by atoms with E-state index in [1.54, 1.807) is 6.20 Å². The van der Waals surface area contributed by atoms with Gasteiger partial charge in [0.15, 0.2) is 0 Å². The number of rotatable bonds is 9. The van der Waals surface area contributed by atoms with Crippen molar-refractivity contribution in [3.63, 3.8) is 0 Å². The average molecular weight is 414 g/mol. The molecule has 2 aromatic carbocycles. The number of nitrogens with zero attached hydrogens (tertiary/aromatic N) is 2. The highest BCUT2D eigenvalue weighted by Gasteiger charge is 2.19. The predicted octanol–water partition coefficient (Wildman–Crippen LogP) is 6.33. The van der Waals surface area contributed by atoms with E-state index in [1.807, 2.05) is 12.1 Å². The Morgan fingerprint density at radius 1 is 0.806 bits per heavy atom. The van der Waals surface area contributed by atoms with Gasteiger partial charge in [-0.15, -0.1) is 0 Å². The van der Waals surface area contributed by atoms with Gasteiger partial charge in [-0.05, 0) is 61.4 Å². The smallest absolute Gasteiger partial charge is 0.229 e. The Labute approximate surface area is 185 Å². The Hall–Kier alpha value is -3.34. The van der Waals surface area contributed by atoms with Gasteiger partial charge in [0.1, 0.15) is 5.82 Å². The van der Waals surface area contributed by atoms with Crippen LogP contribution in [0.5, 0.6) is 0 Å². The molecule has 0 radical (unpaired) electrons. The second-order valence-corrected chi connectivity index (χ2v) is 8.59. The largest absolute Gasteiger partial charge is 0.384 e. The molecular formula is C26H31N5. The number of hydrogen-bond acceptors (Lipinski definition) is 5. The maximum absolute atomic E-state index is 4.64. The molecule has 5 heteroatoms. The summed E-state index contributed by atoms with van der Waals surface area (Å²) in [5.74, 6) is 2.08. The fourth-order valence-electron chi connectivity index (χ4n) is 3.88. The van der Waals surface area contributed by atoms with Crippen LogP contribution in [0.1, 0.15) is 40.0 Å². The van der Waals surface area contributed by atoms with Crippen LogP contribution in [0.15, 0.2) is 78.3 Å². The molecule has 0 aliphatic heterocycles. The standard InChI is InChI=1S/C26H31N5/c1-18(2)17-19(3)28-23-13-14-24(23)30-25-15-16-27-26(31-25)29-22-11-9-21(10-12-22)20-7-5-4-6-8-20/h4-12,15-16,18-19,28H,13-14,17H2,1-3H3,(H2,27,29,30,31). The zero-order valence-corrected chi connectivity index (χ0v) is 18.5. The van der Waals surface area contributed by atoms with E-state index in [-0.39, 0.29) is 0 Å². The lowest BCUT2D eigenvalue weighted by molar-refractivity contribution is 0.455. The molecule has 5 nitrogen and oxygen atoms in total. The second kappa shape index (κ2) is 9.65. The molecule has 1 unspecified atom stereocenters. The van der Waals surface area contributed by atoms with Gasteiger partial charge in [0.05, 0.1) is 0 Å². The van der Waals surface area contributed by atoms with E-state index < -0.39 is 0 Å². The van der Waals surface area contributed by atoms with Crippen molar-refractivity contribution < 1.29 is 0 Å². The first kappa shape index (κ1) is 20.9. The number of allylic oxidation sites excluding steroid dienone is 2. The van der Waals surface area contributed by atoms with Crippen molar-refractivity contribution in [1.82, 2.24) is 15.3 Å². The van der Waals surface area contributed by atoms with E-state index in [1.165, 1.54) is 28.9 Å². The molecule has 1 atom stereocenters. The van der Waals surface area contributed by atoms with E-state index in [4.69, 9.17) is 0 Å². The fraction of sp³-hybridized carbons (Fsp3) is 0.308. The van der Waals surface area contributed by atoms with Crippen molar-refractivity contribution in [1.29, 1.82) is 0 Å². The average Bonchev–Trinajstić information content (AvgIpc) is 2.76. The van der Waals surface area contributed by atoms with Crippen LogP contribution in [0.3, 0.4) is 0 Å². The number of aromatic nitrogens is 2. The Morgan fingerprint density at radius 3 is 2.19 bits per heavy atom. The Kier molecular flexibility index (Phi) is 6.51. The van der Waals surface area contributed by atoms with Crippen molar-refractivity contribution in [2.45, 2.75) is 46.1 Å². The first-order chi connectivity index (χ1) is 15.1. The molecule has 0 saturated carbocycles. The minimum absolute atomic E-state index is 0.480. The zero-order chi connectivity index (χ0) is 21.6. The first-order valence-corrected chi connectivity index (χ1v) is 11.1. The van der Waals surface area contributed by atoms with Crippen molar-refractivity contribution in [2.75, 3.05) is 10.6 Å². The maximum atomic E-state index is 4.64. The highest BCUT2D eigenvalue weighted by molar-refractivity contribution is 5.67. The lowest BCUT2D eigenvalue weighted by Gasteiger charge is -2.29. The molecular weight excluding hydrogens is 382 g/mol. The summed E-state index contributed by atoms with van der Waals surface area (Å²) in [5, 5.41) is 10.4. The lowest BCUT2D eigenvalue weighted by atomic mass is 9.98. The first-order valence-electron chi connectivity index (χ1n) is 11.1. The molecule has 1 aromatic heterocycles. The van der Waals surface area contributed by atoms with Gasteiger partial charge in [-0.1, -0.05) is 56.3 Å². The van der Waals surface area contributed by atoms with Crippen molar-refractivity contribution in [3.05, 3.63) is 78.3 Å². The topological polar surface area (TPSA) is 61.9 Å². The van der Waals surface area contributed by atoms with Crippen LogP contribution in [0.4, 0.5) is 17.5 Å². The van der Waals surface area contributed by atoms with Crippen molar-refractivity contribution in [2.24, 2.45) is 5.92 Å². The fourth-order valence-corrected chi connectivity index (χ4v) is 3.88. The quantitative estimate of drug-likeness (QED) is 0.383. The number of benzene rings is 2. The molecule has 4 rings (SSSR count). The Balaban J connectivity index is 1.39. The van der Waals surface area contributed by atoms with Gasteiger partial charge in [-0.2, -0.15) is 4.98 Å². The van der Waals surface area contributed by atoms with E-state index in [0.717, 1.165) is 24.3 Å². The molecule has 0 spiro atoms. The van der Waals surface area contributed by atoms with Crippen LogP contribution < -0.4 is 16.0 Å². The van der Waals surface area contributed by atoms with Crippen molar-refractivity contribution >= 4 is 17.5 Å². The van der Waals surface area contributed by atoms with Gasteiger partial charge >= 0.3 is 0 Å². The summed E-state index contributed by atoms with van der Waals surface area (Å²) in [7, 11) is 0. The van der Waals surface area contributed by atoms with Crippen LogP contribution in [0.25, 0.3) is 11.1 Å². The van der Waals surface area contributed by atoms with Gasteiger partial charge in [-0.3, -0.25) is 0 Å². The van der Waals surface area contributed by atoms with Gasteiger partial charge in [-0.25, -0.2) is 4.98 Å². The number of anilines is 3. The van der Waals surface area contributed by atoms with Crippen LogP contribution in [0, 0.1) is 5.92 Å².